The van der Waals surface area contributed by atoms with Gasteiger partial charge in [-0.3, -0.25) is 0 Å². The number of ether oxygens (including phenoxy) is 1. The Morgan fingerprint density at radius 2 is 1.76 bits per heavy atom. The van der Waals surface area contributed by atoms with Crippen LogP contribution in [0.1, 0.15) is 17.5 Å². The Bertz CT molecular complexity index is 725. The maximum Gasteiger partial charge on any atom is 0.248 e. The molecule has 0 fully saturated rings. The van der Waals surface area contributed by atoms with E-state index in [1.807, 2.05) is 54.6 Å². The summed E-state index contributed by atoms with van der Waals surface area (Å²) < 4.78 is 10.6. The summed E-state index contributed by atoms with van der Waals surface area (Å²) in [6.45, 7) is 0. The summed E-state index contributed by atoms with van der Waals surface area (Å²) in [5, 5.41) is 4.00. The summed E-state index contributed by atoms with van der Waals surface area (Å²) in [7, 11) is 1.61. The van der Waals surface area contributed by atoms with Gasteiger partial charge in [-0.05, 0) is 17.7 Å². The summed E-state index contributed by atoms with van der Waals surface area (Å²) in [5.74, 6) is 1.54. The van der Waals surface area contributed by atoms with Crippen molar-refractivity contribution in [2.45, 2.75) is 6.04 Å². The minimum absolute atomic E-state index is 0.377. The van der Waals surface area contributed by atoms with Crippen molar-refractivity contribution in [3.63, 3.8) is 0 Å². The third-order valence-electron chi connectivity index (χ3n) is 3.21. The van der Waals surface area contributed by atoms with E-state index in [0.717, 1.165) is 11.1 Å². The first-order valence-electron chi connectivity index (χ1n) is 6.57. The van der Waals surface area contributed by atoms with Crippen LogP contribution in [0.25, 0.3) is 11.4 Å². The van der Waals surface area contributed by atoms with Crippen molar-refractivity contribution >= 4 is 0 Å². The van der Waals surface area contributed by atoms with Gasteiger partial charge < -0.3 is 15.0 Å². The number of nitrogens with two attached hydrogens (primary N) is 1. The van der Waals surface area contributed by atoms with Crippen molar-refractivity contribution in [1.82, 2.24) is 10.1 Å². The van der Waals surface area contributed by atoms with E-state index in [9.17, 15) is 0 Å². The minimum atomic E-state index is -0.442. The summed E-state index contributed by atoms with van der Waals surface area (Å²) in [5.41, 5.74) is 7.85. The summed E-state index contributed by atoms with van der Waals surface area (Å²) in [6.07, 6.45) is 0. The minimum Gasteiger partial charge on any atom is -0.496 e. The second kappa shape index (κ2) is 5.76. The smallest absolute Gasteiger partial charge is 0.248 e. The molecule has 5 heteroatoms. The molecule has 0 aliphatic carbocycles. The van der Waals surface area contributed by atoms with E-state index in [0.29, 0.717) is 17.5 Å². The van der Waals surface area contributed by atoms with Crippen molar-refractivity contribution in [1.29, 1.82) is 0 Å². The topological polar surface area (TPSA) is 74.2 Å². The zero-order valence-electron chi connectivity index (χ0n) is 11.6. The predicted molar refractivity (Wildman–Crippen MR) is 78.8 cm³/mol. The Balaban J connectivity index is 1.93. The van der Waals surface area contributed by atoms with Crippen LogP contribution in [0.3, 0.4) is 0 Å². The van der Waals surface area contributed by atoms with Gasteiger partial charge in [0.05, 0.1) is 12.7 Å². The maximum absolute atomic E-state index is 6.15. The van der Waals surface area contributed by atoms with Crippen LogP contribution in [-0.4, -0.2) is 17.3 Å². The number of hydrogen-bond donors (Lipinski definition) is 1. The average molecular weight is 281 g/mol. The lowest BCUT2D eigenvalue weighted by molar-refractivity contribution is 0.367. The zero-order chi connectivity index (χ0) is 14.7. The average Bonchev–Trinajstić information content (AvgIpc) is 3.04. The van der Waals surface area contributed by atoms with Crippen molar-refractivity contribution < 1.29 is 9.26 Å². The Morgan fingerprint density at radius 1 is 1.05 bits per heavy atom. The van der Waals surface area contributed by atoms with Gasteiger partial charge in [0.2, 0.25) is 11.7 Å². The molecule has 3 rings (SSSR count). The molecule has 0 saturated heterocycles. The number of methoxy groups -OCH3 is 1. The molecule has 1 heterocycles. The molecule has 0 unspecified atom stereocenters. The van der Waals surface area contributed by atoms with E-state index < -0.39 is 6.04 Å². The molecule has 5 nitrogen and oxygen atoms in total. The molecular weight excluding hydrogens is 266 g/mol. The molecule has 21 heavy (non-hydrogen) atoms. The standard InChI is InChI=1S/C16H15N3O2/c1-20-13-10-6-5-9-12(13)15-18-16(21-19-15)14(17)11-7-3-2-4-8-11/h2-10,14H,17H2,1H3/t14-/m0/s1. The van der Waals surface area contributed by atoms with Gasteiger partial charge in [-0.25, -0.2) is 0 Å². The van der Waals surface area contributed by atoms with Crippen LogP contribution in [0.4, 0.5) is 0 Å². The molecule has 0 bridgehead atoms. The van der Waals surface area contributed by atoms with Crippen LogP contribution in [0.5, 0.6) is 5.75 Å². The number of para-hydroxylation sites is 1. The fraction of sp³-hybridized carbons (Fsp3) is 0.125. The van der Waals surface area contributed by atoms with E-state index >= 15 is 0 Å². The molecule has 1 atom stereocenters. The van der Waals surface area contributed by atoms with E-state index in [1.54, 1.807) is 7.11 Å². The van der Waals surface area contributed by atoms with Crippen LogP contribution in [0.15, 0.2) is 59.1 Å². The van der Waals surface area contributed by atoms with Crippen molar-refractivity contribution in [3.8, 4) is 17.1 Å². The van der Waals surface area contributed by atoms with E-state index in [-0.39, 0.29) is 0 Å². The highest BCUT2D eigenvalue weighted by atomic mass is 16.5. The van der Waals surface area contributed by atoms with E-state index in [2.05, 4.69) is 10.1 Å². The SMILES string of the molecule is COc1ccccc1-c1noc([C@@H](N)c2ccccc2)n1. The molecule has 0 spiro atoms. The summed E-state index contributed by atoms with van der Waals surface area (Å²) in [6, 6.07) is 16.7. The van der Waals surface area contributed by atoms with Crippen molar-refractivity contribution in [2.75, 3.05) is 7.11 Å². The monoisotopic (exact) mass is 281 g/mol. The largest absolute Gasteiger partial charge is 0.496 e. The first-order valence-corrected chi connectivity index (χ1v) is 6.57. The van der Waals surface area contributed by atoms with Gasteiger partial charge >= 0.3 is 0 Å². The predicted octanol–water partition coefficient (Wildman–Crippen LogP) is 2.79. The Morgan fingerprint density at radius 3 is 2.52 bits per heavy atom. The van der Waals surface area contributed by atoms with Gasteiger partial charge in [0, 0.05) is 0 Å². The lowest BCUT2D eigenvalue weighted by Crippen LogP contribution is -2.11. The fourth-order valence-electron chi connectivity index (χ4n) is 2.10. The molecule has 2 aromatic carbocycles. The van der Waals surface area contributed by atoms with Gasteiger partial charge in [-0.1, -0.05) is 47.6 Å². The Kier molecular flexibility index (Phi) is 3.66. The van der Waals surface area contributed by atoms with Crippen molar-refractivity contribution in [2.24, 2.45) is 5.73 Å². The van der Waals surface area contributed by atoms with Crippen LogP contribution < -0.4 is 10.5 Å². The third-order valence-corrected chi connectivity index (χ3v) is 3.21. The Labute approximate surface area is 122 Å². The van der Waals surface area contributed by atoms with Gasteiger partial charge in [-0.15, -0.1) is 0 Å². The molecule has 2 N–H and O–H groups in total. The first kappa shape index (κ1) is 13.3. The Hall–Kier alpha value is -2.66. The van der Waals surface area contributed by atoms with E-state index in [1.165, 1.54) is 0 Å². The zero-order valence-corrected chi connectivity index (χ0v) is 11.6. The number of rotatable bonds is 4. The third kappa shape index (κ3) is 2.64. The number of hydrogen-bond acceptors (Lipinski definition) is 5. The first-order chi connectivity index (χ1) is 10.3. The molecule has 0 amide bonds. The highest BCUT2D eigenvalue weighted by molar-refractivity contribution is 5.63. The van der Waals surface area contributed by atoms with Gasteiger partial charge in [-0.2, -0.15) is 4.98 Å². The van der Waals surface area contributed by atoms with E-state index in [4.69, 9.17) is 15.0 Å². The fourth-order valence-corrected chi connectivity index (χ4v) is 2.10. The van der Waals surface area contributed by atoms with Crippen LogP contribution in [0.2, 0.25) is 0 Å². The molecule has 3 aromatic rings. The normalized spacial score (nSPS) is 12.1. The lowest BCUT2D eigenvalue weighted by Gasteiger charge is -2.06. The highest BCUT2D eigenvalue weighted by Crippen LogP contribution is 2.28. The second-order valence-electron chi connectivity index (χ2n) is 4.54. The number of aromatic nitrogens is 2. The van der Waals surface area contributed by atoms with Crippen LogP contribution in [-0.2, 0) is 0 Å². The molecule has 1 aromatic heterocycles. The number of benzene rings is 2. The lowest BCUT2D eigenvalue weighted by atomic mass is 10.1. The number of nitrogens with zero attached hydrogens (tertiary/aromatic N) is 2. The quantitative estimate of drug-likeness (QED) is 0.796. The molecule has 0 saturated carbocycles. The molecule has 0 aliphatic heterocycles. The maximum atomic E-state index is 6.15. The second-order valence-corrected chi connectivity index (χ2v) is 4.54. The molecule has 106 valence electrons. The van der Waals surface area contributed by atoms with Gasteiger partial charge in [0.25, 0.3) is 0 Å². The van der Waals surface area contributed by atoms with Gasteiger partial charge in [0.1, 0.15) is 11.8 Å². The van der Waals surface area contributed by atoms with Crippen LogP contribution >= 0.6 is 0 Å². The highest BCUT2D eigenvalue weighted by Gasteiger charge is 2.18. The van der Waals surface area contributed by atoms with Gasteiger partial charge in [0.15, 0.2) is 0 Å². The molecule has 0 radical (unpaired) electrons. The molecular formula is C16H15N3O2. The van der Waals surface area contributed by atoms with Crippen LogP contribution in [0, 0.1) is 0 Å². The summed E-state index contributed by atoms with van der Waals surface area (Å²) in [4.78, 5) is 4.38. The molecule has 0 aliphatic rings. The van der Waals surface area contributed by atoms with Crippen molar-refractivity contribution in [3.05, 3.63) is 66.1 Å². The summed E-state index contributed by atoms with van der Waals surface area (Å²) >= 11 is 0.